The number of carbonyl (C=O) groups is 1. The highest BCUT2D eigenvalue weighted by Crippen LogP contribution is 2.32. The molecule has 0 radical (unpaired) electrons. The molecule has 0 aromatic heterocycles. The Morgan fingerprint density at radius 3 is 2.38 bits per heavy atom. The summed E-state index contributed by atoms with van der Waals surface area (Å²) in [6, 6.07) is 8.48. The van der Waals surface area contributed by atoms with E-state index in [0.29, 0.717) is 6.54 Å². The number of nitrogens with one attached hydrogen (secondary N) is 1. The van der Waals surface area contributed by atoms with Crippen molar-refractivity contribution in [3.05, 3.63) is 35.4 Å². The second-order valence-corrected chi connectivity index (χ2v) is 6.56. The summed E-state index contributed by atoms with van der Waals surface area (Å²) in [4.78, 5) is 12.3. The van der Waals surface area contributed by atoms with Crippen LogP contribution in [0.25, 0.3) is 0 Å². The Balaban J connectivity index is 1.60. The van der Waals surface area contributed by atoms with Crippen molar-refractivity contribution in [2.45, 2.75) is 50.5 Å². The fourth-order valence-corrected chi connectivity index (χ4v) is 3.76. The largest absolute Gasteiger partial charge is 0.376 e. The molecule has 0 spiro atoms. The lowest BCUT2D eigenvalue weighted by Crippen LogP contribution is -2.47. The number of benzene rings is 1. The number of amides is 1. The van der Waals surface area contributed by atoms with Crippen molar-refractivity contribution < 1.29 is 9.53 Å². The van der Waals surface area contributed by atoms with Crippen LogP contribution in [0.15, 0.2) is 24.3 Å². The molecule has 1 aromatic carbocycles. The molecule has 1 fully saturated rings. The van der Waals surface area contributed by atoms with E-state index in [1.807, 2.05) is 0 Å². The van der Waals surface area contributed by atoms with E-state index >= 15 is 0 Å². The van der Waals surface area contributed by atoms with Gasteiger partial charge in [0, 0.05) is 32.4 Å². The van der Waals surface area contributed by atoms with Gasteiger partial charge in [-0.1, -0.05) is 43.5 Å². The Bertz CT molecular complexity index is 481. The van der Waals surface area contributed by atoms with E-state index in [2.05, 4.69) is 29.6 Å². The van der Waals surface area contributed by atoms with E-state index < -0.39 is 0 Å². The molecule has 2 aliphatic carbocycles. The van der Waals surface area contributed by atoms with Crippen molar-refractivity contribution in [2.75, 3.05) is 13.7 Å². The number of ether oxygens (including phenoxy) is 1. The summed E-state index contributed by atoms with van der Waals surface area (Å²) >= 11 is 0. The normalized spacial score (nSPS) is 21.0. The Hall–Kier alpha value is -1.35. The fourth-order valence-electron chi connectivity index (χ4n) is 3.76. The molecular formula is C18H25NO2. The minimum absolute atomic E-state index is 0.219. The lowest BCUT2D eigenvalue weighted by Gasteiger charge is -2.29. The molecule has 1 amide bonds. The van der Waals surface area contributed by atoms with Crippen molar-refractivity contribution in [1.29, 1.82) is 0 Å². The van der Waals surface area contributed by atoms with Gasteiger partial charge in [0.25, 0.3) is 0 Å². The van der Waals surface area contributed by atoms with Crippen molar-refractivity contribution in [1.82, 2.24) is 5.32 Å². The average Bonchev–Trinajstić information content (AvgIpc) is 2.92. The van der Waals surface area contributed by atoms with Gasteiger partial charge < -0.3 is 10.1 Å². The zero-order valence-electron chi connectivity index (χ0n) is 12.9. The first-order chi connectivity index (χ1) is 10.2. The summed E-state index contributed by atoms with van der Waals surface area (Å²) in [6.45, 7) is 0.619. The Morgan fingerprint density at radius 2 is 1.81 bits per heavy atom. The van der Waals surface area contributed by atoms with Gasteiger partial charge in [0.1, 0.15) is 0 Å². The quantitative estimate of drug-likeness (QED) is 0.924. The van der Waals surface area contributed by atoms with Crippen LogP contribution in [0, 0.1) is 5.92 Å². The average molecular weight is 287 g/mol. The zero-order valence-corrected chi connectivity index (χ0v) is 12.9. The zero-order chi connectivity index (χ0) is 14.7. The Labute approximate surface area is 127 Å². The molecule has 3 rings (SSSR count). The van der Waals surface area contributed by atoms with Gasteiger partial charge in [-0.25, -0.2) is 0 Å². The van der Waals surface area contributed by atoms with Crippen molar-refractivity contribution in [3.63, 3.8) is 0 Å². The van der Waals surface area contributed by atoms with E-state index in [9.17, 15) is 4.79 Å². The maximum Gasteiger partial charge on any atom is 0.223 e. The molecule has 3 heteroatoms. The van der Waals surface area contributed by atoms with Gasteiger partial charge in [0.2, 0.25) is 5.91 Å². The van der Waals surface area contributed by atoms with Gasteiger partial charge in [0.15, 0.2) is 0 Å². The first-order valence-corrected chi connectivity index (χ1v) is 8.12. The molecule has 0 saturated heterocycles. The molecule has 1 saturated carbocycles. The van der Waals surface area contributed by atoms with Crippen LogP contribution in [0.1, 0.15) is 43.2 Å². The number of rotatable bonds is 4. The number of methoxy groups -OCH3 is 1. The highest BCUT2D eigenvalue weighted by Gasteiger charge is 2.38. The number of carbonyl (C=O) groups excluding carboxylic acids is 1. The van der Waals surface area contributed by atoms with Gasteiger partial charge in [-0.2, -0.15) is 0 Å². The summed E-state index contributed by atoms with van der Waals surface area (Å²) in [7, 11) is 1.76. The minimum atomic E-state index is -0.256. The van der Waals surface area contributed by atoms with Gasteiger partial charge in [-0.3, -0.25) is 4.79 Å². The fraction of sp³-hybridized carbons (Fsp3) is 0.611. The summed E-state index contributed by atoms with van der Waals surface area (Å²) in [5.74, 6) is 0.443. The maximum atomic E-state index is 12.3. The molecule has 21 heavy (non-hydrogen) atoms. The first-order valence-electron chi connectivity index (χ1n) is 8.12. The summed E-state index contributed by atoms with van der Waals surface area (Å²) < 4.78 is 5.80. The Morgan fingerprint density at radius 1 is 1.19 bits per heavy atom. The van der Waals surface area contributed by atoms with Crippen LogP contribution in [0.2, 0.25) is 0 Å². The minimum Gasteiger partial charge on any atom is -0.376 e. The molecule has 0 bridgehead atoms. The molecule has 1 N–H and O–H groups in total. The van der Waals surface area contributed by atoms with E-state index in [4.69, 9.17) is 4.74 Å². The SMILES string of the molecule is COC1(CNC(=O)C2CCCCC2)Cc2ccccc2C1. The van der Waals surface area contributed by atoms with Crippen LogP contribution < -0.4 is 5.32 Å². The van der Waals surface area contributed by atoms with Crippen LogP contribution in [0.5, 0.6) is 0 Å². The number of fused-ring (bicyclic) bond motifs is 1. The van der Waals surface area contributed by atoms with Gasteiger partial charge in [-0.05, 0) is 24.0 Å². The molecule has 0 atom stereocenters. The highest BCUT2D eigenvalue weighted by atomic mass is 16.5. The van der Waals surface area contributed by atoms with Gasteiger partial charge >= 0.3 is 0 Å². The molecule has 0 heterocycles. The van der Waals surface area contributed by atoms with Crippen LogP contribution in [0.3, 0.4) is 0 Å². The molecule has 3 nitrogen and oxygen atoms in total. The second-order valence-electron chi connectivity index (χ2n) is 6.56. The summed E-state index contributed by atoms with van der Waals surface area (Å²) in [5, 5.41) is 3.16. The van der Waals surface area contributed by atoms with E-state index in [1.165, 1.54) is 30.4 Å². The van der Waals surface area contributed by atoms with Crippen LogP contribution in [-0.2, 0) is 22.4 Å². The van der Waals surface area contributed by atoms with Crippen LogP contribution >= 0.6 is 0 Å². The molecule has 114 valence electrons. The highest BCUT2D eigenvalue weighted by molar-refractivity contribution is 5.78. The van der Waals surface area contributed by atoms with Gasteiger partial charge in [0.05, 0.1) is 5.60 Å². The monoisotopic (exact) mass is 287 g/mol. The van der Waals surface area contributed by atoms with E-state index in [0.717, 1.165) is 25.7 Å². The topological polar surface area (TPSA) is 38.3 Å². The standard InChI is InChI=1S/C18H25NO2/c1-21-18(11-15-9-5-6-10-16(15)12-18)13-19-17(20)14-7-3-2-4-8-14/h5-6,9-10,14H,2-4,7-8,11-13H2,1H3,(H,19,20). The first kappa shape index (κ1) is 14.6. The predicted octanol–water partition coefficient (Wildman–Crippen LogP) is 2.87. The third kappa shape index (κ3) is 3.13. The van der Waals surface area contributed by atoms with E-state index in [1.54, 1.807) is 7.11 Å². The third-order valence-electron chi connectivity index (χ3n) is 5.14. The molecule has 2 aliphatic rings. The smallest absolute Gasteiger partial charge is 0.223 e. The third-order valence-corrected chi connectivity index (χ3v) is 5.14. The Kier molecular flexibility index (Phi) is 4.29. The maximum absolute atomic E-state index is 12.3. The van der Waals surface area contributed by atoms with Gasteiger partial charge in [-0.15, -0.1) is 0 Å². The van der Waals surface area contributed by atoms with Crippen molar-refractivity contribution in [2.24, 2.45) is 5.92 Å². The molecular weight excluding hydrogens is 262 g/mol. The van der Waals surface area contributed by atoms with Crippen molar-refractivity contribution in [3.8, 4) is 0 Å². The number of hydrogen-bond acceptors (Lipinski definition) is 2. The number of hydrogen-bond donors (Lipinski definition) is 1. The molecule has 1 aromatic rings. The van der Waals surface area contributed by atoms with Crippen molar-refractivity contribution >= 4 is 5.91 Å². The lowest BCUT2D eigenvalue weighted by molar-refractivity contribution is -0.127. The van der Waals surface area contributed by atoms with Crippen LogP contribution in [-0.4, -0.2) is 25.2 Å². The summed E-state index contributed by atoms with van der Waals surface area (Å²) in [6.07, 6.45) is 7.55. The van der Waals surface area contributed by atoms with Crippen LogP contribution in [0.4, 0.5) is 0 Å². The molecule has 0 aliphatic heterocycles. The summed E-state index contributed by atoms with van der Waals surface area (Å²) in [5.41, 5.74) is 2.45. The predicted molar refractivity (Wildman–Crippen MR) is 83.2 cm³/mol. The lowest BCUT2D eigenvalue weighted by atomic mass is 9.88. The van der Waals surface area contributed by atoms with E-state index in [-0.39, 0.29) is 17.4 Å². The second kappa shape index (κ2) is 6.18. The molecule has 0 unspecified atom stereocenters.